The van der Waals surface area contributed by atoms with Gasteiger partial charge in [0.25, 0.3) is 0 Å². The topological polar surface area (TPSA) is 83.6 Å². The van der Waals surface area contributed by atoms with Crippen molar-refractivity contribution in [3.63, 3.8) is 0 Å². The fraction of sp³-hybridized carbons (Fsp3) is 0.429. The quantitative estimate of drug-likeness (QED) is 0.804. The Morgan fingerprint density at radius 3 is 2.53 bits per heavy atom. The molecule has 1 aromatic rings. The van der Waals surface area contributed by atoms with Crippen molar-refractivity contribution in [2.24, 2.45) is 0 Å². The van der Waals surface area contributed by atoms with Gasteiger partial charge in [-0.15, -0.1) is 0 Å². The van der Waals surface area contributed by atoms with Crippen molar-refractivity contribution in [3.8, 4) is 0 Å². The lowest BCUT2D eigenvalue weighted by Crippen LogP contribution is -2.44. The fourth-order valence-electron chi connectivity index (χ4n) is 2.55. The number of carboxylic acids is 1. The van der Waals surface area contributed by atoms with E-state index >= 15 is 0 Å². The van der Waals surface area contributed by atoms with Gasteiger partial charge in [-0.05, 0) is 37.5 Å². The first-order valence-electron chi connectivity index (χ1n) is 6.37. The van der Waals surface area contributed by atoms with Crippen LogP contribution in [0, 0.1) is 0 Å². The van der Waals surface area contributed by atoms with E-state index in [-0.39, 0.29) is 18.4 Å². The molecule has 1 amide bonds. The highest BCUT2D eigenvalue weighted by molar-refractivity contribution is 5.86. The van der Waals surface area contributed by atoms with E-state index in [9.17, 15) is 9.59 Å². The monoisotopic (exact) mass is 262 g/mol. The number of hydrogen-bond acceptors (Lipinski definition) is 3. The summed E-state index contributed by atoms with van der Waals surface area (Å²) in [7, 11) is 0. The Kier molecular flexibility index (Phi) is 3.74. The maximum absolute atomic E-state index is 12.3. The van der Waals surface area contributed by atoms with Crippen LogP contribution in [0.2, 0.25) is 0 Å². The molecular formula is C14H18N2O3. The first kappa shape index (κ1) is 13.4. The van der Waals surface area contributed by atoms with Crippen LogP contribution in [-0.2, 0) is 16.0 Å². The molecule has 1 aliphatic rings. The summed E-state index contributed by atoms with van der Waals surface area (Å²) < 4.78 is 0. The summed E-state index contributed by atoms with van der Waals surface area (Å²) in [5.74, 6) is -1.06. The van der Waals surface area contributed by atoms with Gasteiger partial charge in [-0.25, -0.2) is 4.79 Å². The van der Waals surface area contributed by atoms with Crippen molar-refractivity contribution in [2.45, 2.75) is 38.3 Å². The number of likely N-dealkylation sites (tertiary alicyclic amines) is 1. The molecule has 0 saturated carbocycles. The summed E-state index contributed by atoms with van der Waals surface area (Å²) in [5, 5.41) is 9.14. The van der Waals surface area contributed by atoms with Crippen molar-refractivity contribution in [1.82, 2.24) is 4.90 Å². The maximum Gasteiger partial charge on any atom is 0.326 e. The number of anilines is 1. The van der Waals surface area contributed by atoms with Crippen molar-refractivity contribution in [2.75, 3.05) is 5.73 Å². The third-order valence-corrected chi connectivity index (χ3v) is 3.58. The molecule has 0 radical (unpaired) electrons. The van der Waals surface area contributed by atoms with Crippen LogP contribution < -0.4 is 5.73 Å². The van der Waals surface area contributed by atoms with Gasteiger partial charge in [0, 0.05) is 11.7 Å². The van der Waals surface area contributed by atoms with Gasteiger partial charge in [-0.2, -0.15) is 0 Å². The molecule has 1 saturated heterocycles. The van der Waals surface area contributed by atoms with Gasteiger partial charge in [-0.1, -0.05) is 12.1 Å². The molecule has 3 N–H and O–H groups in total. The number of nitrogens with zero attached hydrogens (tertiary/aromatic N) is 1. The second-order valence-corrected chi connectivity index (χ2v) is 5.00. The molecule has 1 aliphatic heterocycles. The van der Waals surface area contributed by atoms with Crippen molar-refractivity contribution >= 4 is 17.6 Å². The van der Waals surface area contributed by atoms with Crippen LogP contribution in [0.4, 0.5) is 5.69 Å². The number of nitrogen functional groups attached to an aromatic ring is 1. The Balaban J connectivity index is 2.10. The Morgan fingerprint density at radius 2 is 1.95 bits per heavy atom. The molecule has 0 aliphatic carbocycles. The summed E-state index contributed by atoms with van der Waals surface area (Å²) >= 11 is 0. The normalized spacial score (nSPS) is 22.5. The molecule has 102 valence electrons. The molecule has 2 rings (SSSR count). The van der Waals surface area contributed by atoms with E-state index in [2.05, 4.69) is 0 Å². The number of benzene rings is 1. The minimum Gasteiger partial charge on any atom is -0.480 e. The number of carbonyl (C=O) groups is 2. The molecule has 1 aromatic carbocycles. The van der Waals surface area contributed by atoms with Crippen molar-refractivity contribution in [1.29, 1.82) is 0 Å². The molecule has 0 unspecified atom stereocenters. The maximum atomic E-state index is 12.3. The molecule has 0 aromatic heterocycles. The number of aliphatic carboxylic acids is 1. The van der Waals surface area contributed by atoms with Crippen molar-refractivity contribution in [3.05, 3.63) is 29.8 Å². The molecule has 1 heterocycles. The molecule has 19 heavy (non-hydrogen) atoms. The second-order valence-electron chi connectivity index (χ2n) is 5.00. The lowest BCUT2D eigenvalue weighted by molar-refractivity contribution is -0.149. The van der Waals surface area contributed by atoms with E-state index in [1.54, 1.807) is 24.3 Å². The Bertz CT molecular complexity index is 484. The number of rotatable bonds is 3. The number of hydrogen-bond donors (Lipinski definition) is 2. The highest BCUT2D eigenvalue weighted by Crippen LogP contribution is 2.25. The highest BCUT2D eigenvalue weighted by atomic mass is 16.4. The van der Waals surface area contributed by atoms with Gasteiger partial charge in [0.1, 0.15) is 6.04 Å². The second kappa shape index (κ2) is 5.30. The largest absolute Gasteiger partial charge is 0.480 e. The van der Waals surface area contributed by atoms with Gasteiger partial charge in [0.05, 0.1) is 6.42 Å². The lowest BCUT2D eigenvalue weighted by atomic mass is 10.1. The standard InChI is InChI=1S/C14H18N2O3/c1-9-2-7-12(14(18)19)16(9)13(17)8-10-3-5-11(15)6-4-10/h3-6,9,12H,2,7-8,15H2,1H3,(H,18,19)/t9-,12-/m1/s1. The first-order chi connectivity index (χ1) is 8.99. The van der Waals surface area contributed by atoms with E-state index in [1.165, 1.54) is 4.90 Å². The zero-order chi connectivity index (χ0) is 14.0. The van der Waals surface area contributed by atoms with Crippen LogP contribution in [0.3, 0.4) is 0 Å². The number of amides is 1. The number of carboxylic acid groups (broad SMARTS) is 1. The molecule has 1 fully saturated rings. The van der Waals surface area contributed by atoms with Crippen LogP contribution >= 0.6 is 0 Å². The third kappa shape index (κ3) is 2.86. The fourth-order valence-corrected chi connectivity index (χ4v) is 2.55. The third-order valence-electron chi connectivity index (χ3n) is 3.58. The minimum atomic E-state index is -0.921. The van der Waals surface area contributed by atoms with E-state index in [0.717, 1.165) is 12.0 Å². The molecule has 5 nitrogen and oxygen atoms in total. The summed E-state index contributed by atoms with van der Waals surface area (Å²) in [5.41, 5.74) is 7.09. The average molecular weight is 262 g/mol. The molecule has 2 atom stereocenters. The summed E-state index contributed by atoms with van der Waals surface area (Å²) in [6, 6.07) is 6.38. The van der Waals surface area contributed by atoms with Gasteiger partial charge in [0.15, 0.2) is 0 Å². The molecule has 5 heteroatoms. The van der Waals surface area contributed by atoms with Gasteiger partial charge < -0.3 is 15.7 Å². The average Bonchev–Trinajstić information content (AvgIpc) is 2.74. The van der Waals surface area contributed by atoms with Crippen LogP contribution in [0.15, 0.2) is 24.3 Å². The SMILES string of the molecule is C[C@@H]1CC[C@H](C(=O)O)N1C(=O)Cc1ccc(N)cc1. The van der Waals surface area contributed by atoms with Gasteiger partial charge >= 0.3 is 5.97 Å². The van der Waals surface area contributed by atoms with Crippen LogP contribution in [-0.4, -0.2) is 34.0 Å². The van der Waals surface area contributed by atoms with E-state index < -0.39 is 12.0 Å². The van der Waals surface area contributed by atoms with Crippen LogP contribution in [0.5, 0.6) is 0 Å². The minimum absolute atomic E-state index is 0.0117. The van der Waals surface area contributed by atoms with Crippen molar-refractivity contribution < 1.29 is 14.7 Å². The van der Waals surface area contributed by atoms with E-state index in [0.29, 0.717) is 12.1 Å². The summed E-state index contributed by atoms with van der Waals surface area (Å²) in [6.45, 7) is 1.89. The predicted octanol–water partition coefficient (Wildman–Crippen LogP) is 1.28. The van der Waals surface area contributed by atoms with Gasteiger partial charge in [-0.3, -0.25) is 4.79 Å². The van der Waals surface area contributed by atoms with Crippen LogP contribution in [0.25, 0.3) is 0 Å². The molecule has 0 bridgehead atoms. The summed E-state index contributed by atoms with van der Waals surface area (Å²) in [4.78, 5) is 24.9. The zero-order valence-electron chi connectivity index (χ0n) is 10.9. The first-order valence-corrected chi connectivity index (χ1v) is 6.37. The van der Waals surface area contributed by atoms with E-state index in [1.807, 2.05) is 6.92 Å². The predicted molar refractivity (Wildman–Crippen MR) is 71.5 cm³/mol. The Labute approximate surface area is 112 Å². The smallest absolute Gasteiger partial charge is 0.326 e. The Hall–Kier alpha value is -2.04. The molecular weight excluding hydrogens is 244 g/mol. The molecule has 0 spiro atoms. The van der Waals surface area contributed by atoms with E-state index in [4.69, 9.17) is 10.8 Å². The Morgan fingerprint density at radius 1 is 1.32 bits per heavy atom. The number of nitrogens with two attached hydrogens (primary N) is 1. The lowest BCUT2D eigenvalue weighted by Gasteiger charge is -2.26. The van der Waals surface area contributed by atoms with Crippen LogP contribution in [0.1, 0.15) is 25.3 Å². The number of carbonyl (C=O) groups excluding carboxylic acids is 1. The zero-order valence-corrected chi connectivity index (χ0v) is 10.9. The van der Waals surface area contributed by atoms with Gasteiger partial charge in [0.2, 0.25) is 5.91 Å². The summed E-state index contributed by atoms with van der Waals surface area (Å²) in [6.07, 6.45) is 1.49. The highest BCUT2D eigenvalue weighted by Gasteiger charge is 2.38.